The number of hydrogen-bond donors (Lipinski definition) is 1. The molecule has 0 bridgehead atoms. The van der Waals surface area contributed by atoms with Crippen molar-refractivity contribution in [1.29, 1.82) is 0 Å². The van der Waals surface area contributed by atoms with Crippen LogP contribution in [0.25, 0.3) is 0 Å². The SMILES string of the molecule is CNCc1cc(F)cc(OCCOCCOCCOC)c1. The molecule has 0 aliphatic carbocycles. The minimum absolute atomic E-state index is 0.301. The first-order valence-corrected chi connectivity index (χ1v) is 6.97. The normalized spacial score (nSPS) is 10.8. The first-order valence-electron chi connectivity index (χ1n) is 6.97. The third-order valence-electron chi connectivity index (χ3n) is 2.61. The van der Waals surface area contributed by atoms with Gasteiger partial charge in [-0.25, -0.2) is 4.39 Å². The molecule has 0 saturated carbocycles. The van der Waals surface area contributed by atoms with Crippen LogP contribution in [-0.4, -0.2) is 53.8 Å². The second-order valence-corrected chi connectivity index (χ2v) is 4.39. The fraction of sp³-hybridized carbons (Fsp3) is 0.600. The summed E-state index contributed by atoms with van der Waals surface area (Å²) in [6.07, 6.45) is 0. The summed E-state index contributed by atoms with van der Waals surface area (Å²) < 4.78 is 34.3. The van der Waals surface area contributed by atoms with Gasteiger partial charge in [-0.2, -0.15) is 0 Å². The molecule has 0 aliphatic rings. The Balaban J connectivity index is 2.12. The summed E-state index contributed by atoms with van der Waals surface area (Å²) >= 11 is 0. The van der Waals surface area contributed by atoms with Crippen LogP contribution < -0.4 is 10.1 Å². The highest BCUT2D eigenvalue weighted by atomic mass is 19.1. The Kier molecular flexibility index (Phi) is 9.73. The van der Waals surface area contributed by atoms with Gasteiger partial charge in [-0.15, -0.1) is 0 Å². The summed E-state index contributed by atoms with van der Waals surface area (Å²) in [5, 5.41) is 2.97. The number of methoxy groups -OCH3 is 1. The van der Waals surface area contributed by atoms with Gasteiger partial charge < -0.3 is 24.3 Å². The van der Waals surface area contributed by atoms with Crippen LogP contribution in [0.15, 0.2) is 18.2 Å². The van der Waals surface area contributed by atoms with E-state index in [9.17, 15) is 4.39 Å². The van der Waals surface area contributed by atoms with E-state index >= 15 is 0 Å². The van der Waals surface area contributed by atoms with Gasteiger partial charge in [0.25, 0.3) is 0 Å². The summed E-state index contributed by atoms with van der Waals surface area (Å²) in [4.78, 5) is 0. The van der Waals surface area contributed by atoms with E-state index in [1.807, 2.05) is 13.1 Å². The van der Waals surface area contributed by atoms with Gasteiger partial charge in [0, 0.05) is 19.7 Å². The van der Waals surface area contributed by atoms with E-state index in [1.54, 1.807) is 7.11 Å². The lowest BCUT2D eigenvalue weighted by molar-refractivity contribution is 0.0179. The van der Waals surface area contributed by atoms with E-state index in [-0.39, 0.29) is 5.82 Å². The third kappa shape index (κ3) is 8.62. The highest BCUT2D eigenvalue weighted by Gasteiger charge is 2.01. The summed E-state index contributed by atoms with van der Waals surface area (Å²) in [6.45, 7) is 3.58. The molecule has 1 aromatic rings. The molecule has 1 rings (SSSR count). The van der Waals surface area contributed by atoms with Crippen LogP contribution in [0.1, 0.15) is 5.56 Å². The van der Waals surface area contributed by atoms with Crippen LogP contribution in [0.4, 0.5) is 4.39 Å². The summed E-state index contributed by atoms with van der Waals surface area (Å²) in [5.74, 6) is 0.213. The molecule has 0 fully saturated rings. The fourth-order valence-corrected chi connectivity index (χ4v) is 1.69. The van der Waals surface area contributed by atoms with Crippen LogP contribution in [-0.2, 0) is 20.8 Å². The maximum atomic E-state index is 13.4. The Hall–Kier alpha value is -1.21. The highest BCUT2D eigenvalue weighted by molar-refractivity contribution is 5.29. The van der Waals surface area contributed by atoms with Gasteiger partial charge in [-0.1, -0.05) is 0 Å². The van der Waals surface area contributed by atoms with Crippen molar-refractivity contribution < 1.29 is 23.3 Å². The molecular formula is C15H24FNO4. The molecule has 0 amide bonds. The number of benzene rings is 1. The lowest BCUT2D eigenvalue weighted by Gasteiger charge is -2.09. The van der Waals surface area contributed by atoms with E-state index in [4.69, 9.17) is 18.9 Å². The molecule has 0 aromatic heterocycles. The zero-order valence-corrected chi connectivity index (χ0v) is 12.7. The van der Waals surface area contributed by atoms with Crippen molar-refractivity contribution in [3.8, 4) is 5.75 Å². The van der Waals surface area contributed by atoms with Crippen molar-refractivity contribution in [1.82, 2.24) is 5.32 Å². The van der Waals surface area contributed by atoms with Gasteiger partial charge in [-0.3, -0.25) is 0 Å². The zero-order chi connectivity index (χ0) is 15.3. The van der Waals surface area contributed by atoms with E-state index < -0.39 is 0 Å². The maximum Gasteiger partial charge on any atom is 0.127 e. The second kappa shape index (κ2) is 11.4. The Morgan fingerprint density at radius 2 is 1.62 bits per heavy atom. The van der Waals surface area contributed by atoms with Crippen molar-refractivity contribution >= 4 is 0 Å². The molecular weight excluding hydrogens is 277 g/mol. The predicted molar refractivity (Wildman–Crippen MR) is 78.2 cm³/mol. The molecule has 21 heavy (non-hydrogen) atoms. The van der Waals surface area contributed by atoms with Gasteiger partial charge >= 0.3 is 0 Å². The third-order valence-corrected chi connectivity index (χ3v) is 2.61. The Morgan fingerprint density at radius 1 is 0.952 bits per heavy atom. The standard InChI is InChI=1S/C15H24FNO4/c1-17-12-13-9-14(16)11-15(10-13)21-8-7-20-6-5-19-4-3-18-2/h9-11,17H,3-8,12H2,1-2H3. The minimum Gasteiger partial charge on any atom is -0.491 e. The fourth-order valence-electron chi connectivity index (χ4n) is 1.69. The predicted octanol–water partition coefficient (Wildman–Crippen LogP) is 1.60. The number of hydrogen-bond acceptors (Lipinski definition) is 5. The monoisotopic (exact) mass is 301 g/mol. The van der Waals surface area contributed by atoms with Crippen LogP contribution >= 0.6 is 0 Å². The Morgan fingerprint density at radius 3 is 2.29 bits per heavy atom. The maximum absolute atomic E-state index is 13.4. The lowest BCUT2D eigenvalue weighted by atomic mass is 10.2. The zero-order valence-electron chi connectivity index (χ0n) is 12.7. The summed E-state index contributed by atoms with van der Waals surface area (Å²) in [5.41, 5.74) is 0.847. The molecule has 0 spiro atoms. The van der Waals surface area contributed by atoms with Gasteiger partial charge in [-0.05, 0) is 24.7 Å². The second-order valence-electron chi connectivity index (χ2n) is 4.39. The molecule has 1 aromatic carbocycles. The molecule has 0 unspecified atom stereocenters. The van der Waals surface area contributed by atoms with Crippen molar-refractivity contribution in [2.75, 3.05) is 53.8 Å². The molecule has 0 aliphatic heterocycles. The van der Waals surface area contributed by atoms with Crippen molar-refractivity contribution in [2.24, 2.45) is 0 Å². The molecule has 5 nitrogen and oxygen atoms in total. The molecule has 120 valence electrons. The topological polar surface area (TPSA) is 49.0 Å². The summed E-state index contributed by atoms with van der Waals surface area (Å²) in [6, 6.07) is 4.66. The van der Waals surface area contributed by atoms with Crippen molar-refractivity contribution in [3.05, 3.63) is 29.6 Å². The van der Waals surface area contributed by atoms with Crippen molar-refractivity contribution in [2.45, 2.75) is 6.54 Å². The molecule has 0 saturated heterocycles. The van der Waals surface area contributed by atoms with Gasteiger partial charge in [0.2, 0.25) is 0 Å². The molecule has 6 heteroatoms. The first-order chi connectivity index (χ1) is 10.3. The Labute approximate surface area is 125 Å². The van der Waals surface area contributed by atoms with Gasteiger partial charge in [0.15, 0.2) is 0 Å². The van der Waals surface area contributed by atoms with Crippen LogP contribution in [0.3, 0.4) is 0 Å². The van der Waals surface area contributed by atoms with Gasteiger partial charge in [0.1, 0.15) is 18.2 Å². The van der Waals surface area contributed by atoms with Crippen molar-refractivity contribution in [3.63, 3.8) is 0 Å². The number of halogens is 1. The van der Waals surface area contributed by atoms with Crippen LogP contribution in [0.2, 0.25) is 0 Å². The van der Waals surface area contributed by atoms with Crippen LogP contribution in [0.5, 0.6) is 5.75 Å². The number of nitrogens with one attached hydrogen (secondary N) is 1. The molecule has 0 heterocycles. The molecule has 0 radical (unpaired) electrons. The smallest absolute Gasteiger partial charge is 0.127 e. The quantitative estimate of drug-likeness (QED) is 0.594. The van der Waals surface area contributed by atoms with Gasteiger partial charge in [0.05, 0.1) is 33.0 Å². The van der Waals surface area contributed by atoms with E-state index in [0.29, 0.717) is 51.9 Å². The van der Waals surface area contributed by atoms with Crippen LogP contribution in [0, 0.1) is 5.82 Å². The van der Waals surface area contributed by atoms with E-state index in [0.717, 1.165) is 5.56 Å². The average Bonchev–Trinajstić information content (AvgIpc) is 2.45. The van der Waals surface area contributed by atoms with E-state index in [1.165, 1.54) is 12.1 Å². The largest absolute Gasteiger partial charge is 0.491 e. The first kappa shape index (κ1) is 17.8. The average molecular weight is 301 g/mol. The number of ether oxygens (including phenoxy) is 4. The Bertz CT molecular complexity index is 390. The molecule has 1 N–H and O–H groups in total. The highest BCUT2D eigenvalue weighted by Crippen LogP contribution is 2.16. The minimum atomic E-state index is -0.301. The number of rotatable bonds is 12. The summed E-state index contributed by atoms with van der Waals surface area (Å²) in [7, 11) is 3.44. The van der Waals surface area contributed by atoms with E-state index in [2.05, 4.69) is 5.32 Å². The molecule has 0 atom stereocenters. The lowest BCUT2D eigenvalue weighted by Crippen LogP contribution is -2.12.